The Hall–Kier alpha value is -3.09. The number of aryl methyl sites for hydroxylation is 2. The number of carbonyl (C=O) groups excluding carboxylic acids is 3. The van der Waals surface area contributed by atoms with E-state index in [1.165, 1.54) is 0 Å². The molecule has 0 aliphatic heterocycles. The summed E-state index contributed by atoms with van der Waals surface area (Å²) in [5.41, 5.74) is 3.55. The Labute approximate surface area is 170 Å². The van der Waals surface area contributed by atoms with Crippen LogP contribution >= 0.6 is 0 Å². The summed E-state index contributed by atoms with van der Waals surface area (Å²) in [6.45, 7) is 8.82. The summed E-state index contributed by atoms with van der Waals surface area (Å²) >= 11 is 0. The molecule has 0 aliphatic rings. The number of rotatable bonds is 8. The lowest BCUT2D eigenvalue weighted by molar-refractivity contribution is -0.125. The molecule has 2 aromatic rings. The summed E-state index contributed by atoms with van der Waals surface area (Å²) in [6, 6.07) is 7.76. The standard InChI is InChI=1S/C22H28N2O5/c1-6-17(16-10-8-13(3)9-11-16)24-18(25)12-29-22(27)20-14(4)19(15(5)23-20)21(26)28-7-2/h8-11,17,23H,6-7,12H2,1-5H3,(H,24,25)/t17-/m1/s1. The summed E-state index contributed by atoms with van der Waals surface area (Å²) in [5, 5.41) is 2.87. The van der Waals surface area contributed by atoms with Crippen molar-refractivity contribution in [1.29, 1.82) is 0 Å². The minimum absolute atomic E-state index is 0.143. The van der Waals surface area contributed by atoms with Gasteiger partial charge in [-0.1, -0.05) is 36.8 Å². The van der Waals surface area contributed by atoms with Crippen LogP contribution in [-0.2, 0) is 14.3 Å². The fourth-order valence-corrected chi connectivity index (χ4v) is 3.12. The van der Waals surface area contributed by atoms with Crippen molar-refractivity contribution in [2.75, 3.05) is 13.2 Å². The van der Waals surface area contributed by atoms with Gasteiger partial charge in [-0.05, 0) is 45.2 Å². The molecule has 0 bridgehead atoms. The molecule has 1 amide bonds. The maximum absolute atomic E-state index is 12.4. The van der Waals surface area contributed by atoms with Crippen LogP contribution in [0.15, 0.2) is 24.3 Å². The molecule has 1 aromatic carbocycles. The molecule has 0 fully saturated rings. The molecule has 156 valence electrons. The highest BCUT2D eigenvalue weighted by Crippen LogP contribution is 2.20. The van der Waals surface area contributed by atoms with Gasteiger partial charge in [0.25, 0.3) is 5.91 Å². The molecule has 7 nitrogen and oxygen atoms in total. The molecular formula is C22H28N2O5. The lowest BCUT2D eigenvalue weighted by atomic mass is 10.0. The van der Waals surface area contributed by atoms with E-state index in [1.807, 2.05) is 38.1 Å². The normalized spacial score (nSPS) is 11.6. The molecule has 1 aromatic heterocycles. The van der Waals surface area contributed by atoms with E-state index in [0.717, 1.165) is 11.1 Å². The molecule has 0 unspecified atom stereocenters. The van der Waals surface area contributed by atoms with Crippen LogP contribution in [0, 0.1) is 20.8 Å². The third kappa shape index (κ3) is 5.47. The SMILES string of the molecule is CCOC(=O)c1c(C)[nH]c(C(=O)OCC(=O)N[C@H](CC)c2ccc(C)cc2)c1C. The van der Waals surface area contributed by atoms with Gasteiger partial charge in [0.05, 0.1) is 18.2 Å². The minimum atomic E-state index is -0.695. The van der Waals surface area contributed by atoms with Crippen LogP contribution in [0.1, 0.15) is 69.5 Å². The number of esters is 2. The van der Waals surface area contributed by atoms with Crippen LogP contribution in [0.4, 0.5) is 0 Å². The van der Waals surface area contributed by atoms with Crippen molar-refractivity contribution in [3.63, 3.8) is 0 Å². The summed E-state index contributed by atoms with van der Waals surface area (Å²) in [6.07, 6.45) is 0.709. The van der Waals surface area contributed by atoms with Gasteiger partial charge in [0.15, 0.2) is 6.61 Å². The second-order valence-electron chi connectivity index (χ2n) is 6.86. The fourth-order valence-electron chi connectivity index (χ4n) is 3.12. The topological polar surface area (TPSA) is 97.5 Å². The first kappa shape index (κ1) is 22.2. The number of benzene rings is 1. The average molecular weight is 400 g/mol. The van der Waals surface area contributed by atoms with Gasteiger partial charge < -0.3 is 19.8 Å². The third-order valence-electron chi connectivity index (χ3n) is 4.68. The van der Waals surface area contributed by atoms with Crippen molar-refractivity contribution in [1.82, 2.24) is 10.3 Å². The van der Waals surface area contributed by atoms with Gasteiger partial charge in [0.1, 0.15) is 5.69 Å². The Kier molecular flexibility index (Phi) is 7.59. The van der Waals surface area contributed by atoms with E-state index in [0.29, 0.717) is 23.2 Å². The highest BCUT2D eigenvalue weighted by molar-refractivity contribution is 5.99. The van der Waals surface area contributed by atoms with Gasteiger partial charge in [-0.15, -0.1) is 0 Å². The zero-order valence-corrected chi connectivity index (χ0v) is 17.5. The summed E-state index contributed by atoms with van der Waals surface area (Å²) in [4.78, 5) is 39.6. The highest BCUT2D eigenvalue weighted by atomic mass is 16.5. The number of aromatic nitrogens is 1. The highest BCUT2D eigenvalue weighted by Gasteiger charge is 2.24. The number of hydrogen-bond acceptors (Lipinski definition) is 5. The Bertz CT molecular complexity index is 883. The number of H-pyrrole nitrogens is 1. The van der Waals surface area contributed by atoms with Crippen LogP contribution in [-0.4, -0.2) is 36.0 Å². The van der Waals surface area contributed by atoms with Crippen LogP contribution in [0.2, 0.25) is 0 Å². The van der Waals surface area contributed by atoms with Crippen molar-refractivity contribution >= 4 is 17.8 Å². The molecule has 0 saturated carbocycles. The number of hydrogen-bond donors (Lipinski definition) is 2. The molecule has 7 heteroatoms. The molecule has 0 spiro atoms. The molecule has 0 radical (unpaired) electrons. The first-order chi connectivity index (χ1) is 13.8. The van der Waals surface area contributed by atoms with Gasteiger partial charge in [-0.3, -0.25) is 4.79 Å². The number of amides is 1. The Balaban J connectivity index is 1.99. The van der Waals surface area contributed by atoms with E-state index in [9.17, 15) is 14.4 Å². The van der Waals surface area contributed by atoms with Crippen molar-refractivity contribution in [3.05, 3.63) is 57.9 Å². The van der Waals surface area contributed by atoms with E-state index in [-0.39, 0.29) is 18.3 Å². The number of nitrogens with one attached hydrogen (secondary N) is 2. The lowest BCUT2D eigenvalue weighted by Gasteiger charge is -2.17. The van der Waals surface area contributed by atoms with Crippen molar-refractivity contribution in [2.24, 2.45) is 0 Å². The number of ether oxygens (including phenoxy) is 2. The molecular weight excluding hydrogens is 372 g/mol. The molecule has 29 heavy (non-hydrogen) atoms. The zero-order valence-electron chi connectivity index (χ0n) is 17.5. The molecule has 1 atom stereocenters. The van der Waals surface area contributed by atoms with Crippen molar-refractivity contribution < 1.29 is 23.9 Å². The number of carbonyl (C=O) groups is 3. The molecule has 2 N–H and O–H groups in total. The molecule has 0 saturated heterocycles. The largest absolute Gasteiger partial charge is 0.462 e. The first-order valence-electron chi connectivity index (χ1n) is 9.67. The van der Waals surface area contributed by atoms with Gasteiger partial charge in [-0.25, -0.2) is 9.59 Å². The zero-order chi connectivity index (χ0) is 21.6. The second-order valence-corrected chi connectivity index (χ2v) is 6.86. The Morgan fingerprint density at radius 1 is 1.00 bits per heavy atom. The van der Waals surface area contributed by atoms with Gasteiger partial charge >= 0.3 is 11.9 Å². The van der Waals surface area contributed by atoms with Gasteiger partial charge in [0, 0.05) is 5.69 Å². The van der Waals surface area contributed by atoms with E-state index < -0.39 is 24.5 Å². The minimum Gasteiger partial charge on any atom is -0.462 e. The van der Waals surface area contributed by atoms with E-state index in [2.05, 4.69) is 10.3 Å². The van der Waals surface area contributed by atoms with Crippen LogP contribution < -0.4 is 5.32 Å². The van der Waals surface area contributed by atoms with Gasteiger partial charge in [0.2, 0.25) is 0 Å². The number of aromatic amines is 1. The second kappa shape index (κ2) is 9.91. The maximum Gasteiger partial charge on any atom is 0.355 e. The van der Waals surface area contributed by atoms with Crippen LogP contribution in [0.5, 0.6) is 0 Å². The monoisotopic (exact) mass is 400 g/mol. The van der Waals surface area contributed by atoms with E-state index in [4.69, 9.17) is 9.47 Å². The van der Waals surface area contributed by atoms with Crippen molar-refractivity contribution in [3.8, 4) is 0 Å². The van der Waals surface area contributed by atoms with Gasteiger partial charge in [-0.2, -0.15) is 0 Å². The van der Waals surface area contributed by atoms with Crippen molar-refractivity contribution in [2.45, 2.75) is 47.1 Å². The Morgan fingerprint density at radius 2 is 1.66 bits per heavy atom. The Morgan fingerprint density at radius 3 is 2.24 bits per heavy atom. The molecule has 0 aliphatic carbocycles. The summed E-state index contributed by atoms with van der Waals surface area (Å²) in [7, 11) is 0. The maximum atomic E-state index is 12.4. The average Bonchev–Trinajstić information content (AvgIpc) is 2.99. The first-order valence-corrected chi connectivity index (χ1v) is 9.67. The predicted octanol–water partition coefficient (Wildman–Crippen LogP) is 3.54. The fraction of sp³-hybridized carbons (Fsp3) is 0.409. The van der Waals surface area contributed by atoms with E-state index >= 15 is 0 Å². The molecule has 1 heterocycles. The molecule has 2 rings (SSSR count). The predicted molar refractivity (Wildman–Crippen MR) is 109 cm³/mol. The lowest BCUT2D eigenvalue weighted by Crippen LogP contribution is -2.32. The quantitative estimate of drug-likeness (QED) is 0.661. The smallest absolute Gasteiger partial charge is 0.355 e. The van der Waals surface area contributed by atoms with E-state index in [1.54, 1.807) is 20.8 Å². The summed E-state index contributed by atoms with van der Waals surface area (Å²) in [5.74, 6) is -1.59. The van der Waals surface area contributed by atoms with Crippen LogP contribution in [0.3, 0.4) is 0 Å². The third-order valence-corrected chi connectivity index (χ3v) is 4.68. The summed E-state index contributed by atoms with van der Waals surface area (Å²) < 4.78 is 10.2. The van der Waals surface area contributed by atoms with Crippen LogP contribution in [0.25, 0.3) is 0 Å².